The summed E-state index contributed by atoms with van der Waals surface area (Å²) < 4.78 is 1.82. The first-order valence-corrected chi connectivity index (χ1v) is 6.74. The molecule has 18 heavy (non-hydrogen) atoms. The Bertz CT molecular complexity index is 497. The van der Waals surface area contributed by atoms with E-state index in [0.717, 1.165) is 25.1 Å². The summed E-state index contributed by atoms with van der Waals surface area (Å²) in [6.07, 6.45) is 2.02. The van der Waals surface area contributed by atoms with E-state index in [1.165, 1.54) is 0 Å². The monoisotopic (exact) mass is 266 g/mol. The number of pyridine rings is 1. The highest BCUT2D eigenvalue weighted by Gasteiger charge is 2.20. The van der Waals surface area contributed by atoms with Gasteiger partial charge in [0.1, 0.15) is 4.99 Å². The van der Waals surface area contributed by atoms with Gasteiger partial charge in [0.15, 0.2) is 0 Å². The van der Waals surface area contributed by atoms with E-state index in [9.17, 15) is 4.79 Å². The molecule has 0 aliphatic rings. The fourth-order valence-electron chi connectivity index (χ4n) is 1.96. The van der Waals surface area contributed by atoms with Crippen molar-refractivity contribution >= 4 is 17.2 Å². The quantitative estimate of drug-likeness (QED) is 0.852. The van der Waals surface area contributed by atoms with E-state index in [1.54, 1.807) is 6.07 Å². The molecule has 0 bridgehead atoms. The number of nitrogens with zero attached hydrogens (tertiary/aromatic N) is 1. The van der Waals surface area contributed by atoms with E-state index >= 15 is 0 Å². The van der Waals surface area contributed by atoms with Crippen LogP contribution in [0.1, 0.15) is 51.8 Å². The van der Waals surface area contributed by atoms with Gasteiger partial charge in [-0.2, -0.15) is 0 Å². The average molecular weight is 266 g/mol. The summed E-state index contributed by atoms with van der Waals surface area (Å²) in [5.41, 5.74) is 6.92. The molecular weight excluding hydrogens is 244 g/mol. The Morgan fingerprint density at radius 2 is 2.00 bits per heavy atom. The van der Waals surface area contributed by atoms with Gasteiger partial charge in [0.2, 0.25) is 0 Å². The molecule has 4 heteroatoms. The summed E-state index contributed by atoms with van der Waals surface area (Å²) in [4.78, 5) is 12.6. The van der Waals surface area contributed by atoms with Crippen molar-refractivity contribution in [1.82, 2.24) is 4.57 Å². The maximum atomic E-state index is 12.4. The molecule has 1 heterocycles. The lowest BCUT2D eigenvalue weighted by molar-refractivity contribution is 0.489. The van der Waals surface area contributed by atoms with Gasteiger partial charge in [-0.1, -0.05) is 46.3 Å². The number of unbranched alkanes of at least 4 members (excludes halogenated alkanes) is 1. The first-order chi connectivity index (χ1) is 8.29. The van der Waals surface area contributed by atoms with Crippen LogP contribution in [0.25, 0.3) is 0 Å². The van der Waals surface area contributed by atoms with Crippen molar-refractivity contribution < 1.29 is 0 Å². The third-order valence-electron chi connectivity index (χ3n) is 2.94. The van der Waals surface area contributed by atoms with E-state index < -0.39 is 0 Å². The van der Waals surface area contributed by atoms with E-state index in [2.05, 4.69) is 27.7 Å². The van der Waals surface area contributed by atoms with Gasteiger partial charge in [0.05, 0.1) is 5.56 Å². The van der Waals surface area contributed by atoms with Crippen molar-refractivity contribution in [1.29, 1.82) is 0 Å². The summed E-state index contributed by atoms with van der Waals surface area (Å²) in [7, 11) is 0. The summed E-state index contributed by atoms with van der Waals surface area (Å²) in [5, 5.41) is 0. The zero-order valence-corrected chi connectivity index (χ0v) is 12.4. The minimum Gasteiger partial charge on any atom is -0.389 e. The Morgan fingerprint density at radius 3 is 2.44 bits per heavy atom. The number of nitrogens with two attached hydrogens (primary N) is 1. The number of hydrogen-bond acceptors (Lipinski definition) is 2. The normalized spacial score (nSPS) is 11.6. The molecule has 1 aromatic heterocycles. The van der Waals surface area contributed by atoms with Crippen LogP contribution in [0.5, 0.6) is 0 Å². The maximum absolute atomic E-state index is 12.4. The number of thiocarbonyl (C=S) groups is 1. The molecule has 0 fully saturated rings. The van der Waals surface area contributed by atoms with Crippen molar-refractivity contribution in [2.45, 2.75) is 52.5 Å². The van der Waals surface area contributed by atoms with Gasteiger partial charge < -0.3 is 10.3 Å². The maximum Gasteiger partial charge on any atom is 0.261 e. The molecule has 0 unspecified atom stereocenters. The van der Waals surface area contributed by atoms with Gasteiger partial charge in [0, 0.05) is 17.7 Å². The van der Waals surface area contributed by atoms with Gasteiger partial charge in [-0.25, -0.2) is 0 Å². The summed E-state index contributed by atoms with van der Waals surface area (Å²) in [6, 6.07) is 3.71. The van der Waals surface area contributed by atoms with Gasteiger partial charge in [-0.05, 0) is 18.6 Å². The Labute approximate surface area is 114 Å². The lowest BCUT2D eigenvalue weighted by Crippen LogP contribution is -2.34. The third-order valence-corrected chi connectivity index (χ3v) is 3.16. The third kappa shape index (κ3) is 3.19. The standard InChI is InChI=1S/C14H22N2OS/c1-5-6-9-16-11(14(2,3)4)8-7-10(12(15)18)13(16)17/h7-8H,5-6,9H2,1-4H3,(H2,15,18). The lowest BCUT2D eigenvalue weighted by Gasteiger charge is -2.24. The SMILES string of the molecule is CCCCn1c(C(C)(C)C)ccc(C(N)=S)c1=O. The van der Waals surface area contributed by atoms with Crippen LogP contribution in [0.3, 0.4) is 0 Å². The average Bonchev–Trinajstić information content (AvgIpc) is 2.25. The second-order valence-electron chi connectivity index (χ2n) is 5.56. The Balaban J connectivity index is 3.42. The van der Waals surface area contributed by atoms with Crippen LogP contribution < -0.4 is 11.3 Å². The molecule has 2 N–H and O–H groups in total. The molecular formula is C14H22N2OS. The molecule has 0 aliphatic heterocycles. The minimum atomic E-state index is -0.0678. The molecule has 0 aliphatic carbocycles. The second-order valence-corrected chi connectivity index (χ2v) is 6.00. The fraction of sp³-hybridized carbons (Fsp3) is 0.571. The highest BCUT2D eigenvalue weighted by atomic mass is 32.1. The Kier molecular flexibility index (Phi) is 4.68. The van der Waals surface area contributed by atoms with Gasteiger partial charge in [-0.15, -0.1) is 0 Å². The second kappa shape index (κ2) is 5.65. The molecule has 1 rings (SSSR count). The smallest absolute Gasteiger partial charge is 0.261 e. The first-order valence-electron chi connectivity index (χ1n) is 6.33. The molecule has 0 spiro atoms. The molecule has 100 valence electrons. The molecule has 0 aromatic carbocycles. The number of aromatic nitrogens is 1. The van der Waals surface area contributed by atoms with E-state index in [0.29, 0.717) is 5.56 Å². The van der Waals surface area contributed by atoms with Gasteiger partial charge in [0.25, 0.3) is 5.56 Å². The van der Waals surface area contributed by atoms with Crippen molar-refractivity contribution in [2.24, 2.45) is 5.73 Å². The summed E-state index contributed by atoms with van der Waals surface area (Å²) in [5.74, 6) is 0. The molecule has 1 aromatic rings. The van der Waals surface area contributed by atoms with Crippen LogP contribution in [-0.4, -0.2) is 9.56 Å². The highest BCUT2D eigenvalue weighted by Crippen LogP contribution is 2.21. The van der Waals surface area contributed by atoms with E-state index in [1.807, 2.05) is 10.6 Å². The van der Waals surface area contributed by atoms with Crippen molar-refractivity contribution in [3.8, 4) is 0 Å². The summed E-state index contributed by atoms with van der Waals surface area (Å²) >= 11 is 4.92. The van der Waals surface area contributed by atoms with Crippen LogP contribution in [0.2, 0.25) is 0 Å². The van der Waals surface area contributed by atoms with Crippen molar-refractivity contribution in [2.75, 3.05) is 0 Å². The number of hydrogen-bond donors (Lipinski definition) is 1. The molecule has 0 saturated carbocycles. The predicted octanol–water partition coefficient (Wildman–Crippen LogP) is 2.58. The predicted molar refractivity (Wildman–Crippen MR) is 80.2 cm³/mol. The fourth-order valence-corrected chi connectivity index (χ4v) is 2.11. The van der Waals surface area contributed by atoms with Crippen molar-refractivity contribution in [3.63, 3.8) is 0 Å². The Hall–Kier alpha value is -1.16. The van der Waals surface area contributed by atoms with Crippen LogP contribution in [0.15, 0.2) is 16.9 Å². The molecule has 3 nitrogen and oxygen atoms in total. The minimum absolute atomic E-state index is 0.0663. The molecule has 0 atom stereocenters. The topological polar surface area (TPSA) is 48.0 Å². The zero-order chi connectivity index (χ0) is 13.9. The molecule has 0 saturated heterocycles. The summed E-state index contributed by atoms with van der Waals surface area (Å²) in [6.45, 7) is 9.14. The van der Waals surface area contributed by atoms with Crippen LogP contribution >= 0.6 is 12.2 Å². The first kappa shape index (κ1) is 14.9. The largest absolute Gasteiger partial charge is 0.389 e. The zero-order valence-electron chi connectivity index (χ0n) is 11.6. The number of rotatable bonds is 4. The van der Waals surface area contributed by atoms with Crippen molar-refractivity contribution in [3.05, 3.63) is 33.7 Å². The molecule has 0 radical (unpaired) electrons. The van der Waals surface area contributed by atoms with E-state index in [-0.39, 0.29) is 16.0 Å². The van der Waals surface area contributed by atoms with Gasteiger partial charge >= 0.3 is 0 Å². The van der Waals surface area contributed by atoms with E-state index in [4.69, 9.17) is 18.0 Å². The Morgan fingerprint density at radius 1 is 1.39 bits per heavy atom. The lowest BCUT2D eigenvalue weighted by atomic mass is 9.90. The van der Waals surface area contributed by atoms with Crippen LogP contribution in [0.4, 0.5) is 0 Å². The van der Waals surface area contributed by atoms with Crippen LogP contribution in [-0.2, 0) is 12.0 Å². The molecule has 0 amide bonds. The highest BCUT2D eigenvalue weighted by molar-refractivity contribution is 7.80. The van der Waals surface area contributed by atoms with Crippen LogP contribution in [0, 0.1) is 0 Å². The van der Waals surface area contributed by atoms with Gasteiger partial charge in [-0.3, -0.25) is 4.79 Å².